The zero-order valence-corrected chi connectivity index (χ0v) is 12.4. The van der Waals surface area contributed by atoms with Gasteiger partial charge in [0.1, 0.15) is 17.9 Å². The minimum atomic E-state index is -0.474. The first-order valence-electron chi connectivity index (χ1n) is 6.95. The van der Waals surface area contributed by atoms with Crippen molar-refractivity contribution in [2.75, 3.05) is 13.1 Å². The molecule has 2 unspecified atom stereocenters. The van der Waals surface area contributed by atoms with Crippen LogP contribution in [0.15, 0.2) is 0 Å². The maximum absolute atomic E-state index is 12.2. The van der Waals surface area contributed by atoms with Crippen LogP contribution >= 0.6 is 0 Å². The molecule has 1 aliphatic heterocycles. The van der Waals surface area contributed by atoms with Crippen LogP contribution in [0, 0.1) is 29.9 Å². The molecule has 0 bridgehead atoms. The van der Waals surface area contributed by atoms with Gasteiger partial charge in [-0.05, 0) is 27.2 Å². The van der Waals surface area contributed by atoms with Gasteiger partial charge in [0.2, 0.25) is 5.91 Å². The highest BCUT2D eigenvalue weighted by Gasteiger charge is 2.30. The van der Waals surface area contributed by atoms with Crippen LogP contribution in [0.4, 0.5) is 5.69 Å². The number of aliphatic hydroxyl groups is 1. The summed E-state index contributed by atoms with van der Waals surface area (Å²) in [5, 5.41) is 24.6. The van der Waals surface area contributed by atoms with Gasteiger partial charge < -0.3 is 10.0 Å². The molecule has 2 rings (SSSR count). The summed E-state index contributed by atoms with van der Waals surface area (Å²) < 4.78 is 1.38. The molecule has 1 N–H and O–H groups in total. The number of aromatic nitrogens is 2. The molecule has 1 aliphatic rings. The lowest BCUT2D eigenvalue weighted by atomic mass is 10.0. The quantitative estimate of drug-likeness (QED) is 0.649. The third-order valence-corrected chi connectivity index (χ3v) is 4.07. The van der Waals surface area contributed by atoms with Crippen LogP contribution in [0.2, 0.25) is 0 Å². The fraction of sp³-hybridized carbons (Fsp3) is 0.692. The molecule has 2 heterocycles. The number of hydrogen-bond acceptors (Lipinski definition) is 5. The molecule has 0 aromatic carbocycles. The number of aliphatic hydroxyl groups excluding tert-OH is 1. The molecule has 0 radical (unpaired) electrons. The molecule has 21 heavy (non-hydrogen) atoms. The lowest BCUT2D eigenvalue weighted by Gasteiger charge is -2.18. The lowest BCUT2D eigenvalue weighted by Crippen LogP contribution is -2.33. The second-order valence-corrected chi connectivity index (χ2v) is 5.56. The zero-order chi connectivity index (χ0) is 15.7. The zero-order valence-electron chi connectivity index (χ0n) is 12.4. The molecular formula is C13H20N4O4. The van der Waals surface area contributed by atoms with Crippen LogP contribution in [0.5, 0.6) is 0 Å². The summed E-state index contributed by atoms with van der Waals surface area (Å²) in [6, 6.07) is 0. The topological polar surface area (TPSA) is 102 Å². The van der Waals surface area contributed by atoms with Crippen molar-refractivity contribution in [3.63, 3.8) is 0 Å². The highest BCUT2D eigenvalue weighted by molar-refractivity contribution is 5.76. The SMILES string of the molecule is Cc1nn(CC(=O)N2CCC(C(C)O)C2)c(C)c1[N+](=O)[O-]. The second kappa shape index (κ2) is 5.80. The molecule has 0 spiro atoms. The molecule has 0 saturated carbocycles. The Labute approximate surface area is 122 Å². The maximum atomic E-state index is 12.2. The number of nitro groups is 1. The van der Waals surface area contributed by atoms with Crippen molar-refractivity contribution in [1.29, 1.82) is 0 Å². The smallest absolute Gasteiger partial charge is 0.312 e. The first-order chi connectivity index (χ1) is 9.81. The van der Waals surface area contributed by atoms with Gasteiger partial charge in [0.05, 0.1) is 11.0 Å². The Balaban J connectivity index is 2.07. The monoisotopic (exact) mass is 296 g/mol. The van der Waals surface area contributed by atoms with Crippen LogP contribution in [-0.4, -0.2) is 49.8 Å². The predicted octanol–water partition coefficient (Wildman–Crippen LogP) is 0.637. The normalized spacial score (nSPS) is 19.8. The number of aryl methyl sites for hydroxylation is 1. The summed E-state index contributed by atoms with van der Waals surface area (Å²) in [4.78, 5) is 24.4. The summed E-state index contributed by atoms with van der Waals surface area (Å²) in [5.41, 5.74) is 0.664. The van der Waals surface area contributed by atoms with E-state index >= 15 is 0 Å². The molecule has 1 aromatic rings. The summed E-state index contributed by atoms with van der Waals surface area (Å²) in [6.45, 7) is 6.00. The standard InChI is InChI=1S/C13H20N4O4/c1-8-13(17(20)21)9(2)16(14-8)7-12(19)15-5-4-11(6-15)10(3)18/h10-11,18H,4-7H2,1-3H3. The van der Waals surface area contributed by atoms with Gasteiger partial charge in [-0.15, -0.1) is 0 Å². The van der Waals surface area contributed by atoms with Gasteiger partial charge in [0, 0.05) is 19.0 Å². The largest absolute Gasteiger partial charge is 0.393 e. The second-order valence-electron chi connectivity index (χ2n) is 5.56. The van der Waals surface area contributed by atoms with Crippen LogP contribution < -0.4 is 0 Å². The van der Waals surface area contributed by atoms with Gasteiger partial charge in [-0.2, -0.15) is 5.10 Å². The number of amides is 1. The summed E-state index contributed by atoms with van der Waals surface area (Å²) >= 11 is 0. The van der Waals surface area contributed by atoms with Crippen molar-refractivity contribution < 1.29 is 14.8 Å². The first kappa shape index (κ1) is 15.4. The van der Waals surface area contributed by atoms with Crippen LogP contribution in [0.3, 0.4) is 0 Å². The molecule has 1 saturated heterocycles. The van der Waals surface area contributed by atoms with E-state index in [1.54, 1.807) is 25.7 Å². The number of nitrogens with zero attached hydrogens (tertiary/aromatic N) is 4. The fourth-order valence-electron chi connectivity index (χ4n) is 2.74. The van der Waals surface area contributed by atoms with E-state index in [4.69, 9.17) is 0 Å². The van der Waals surface area contributed by atoms with Crippen molar-refractivity contribution in [1.82, 2.24) is 14.7 Å². The van der Waals surface area contributed by atoms with Crippen LogP contribution in [0.1, 0.15) is 24.7 Å². The van der Waals surface area contributed by atoms with Crippen LogP contribution in [-0.2, 0) is 11.3 Å². The third kappa shape index (κ3) is 3.05. The van der Waals surface area contributed by atoms with E-state index < -0.39 is 11.0 Å². The highest BCUT2D eigenvalue weighted by atomic mass is 16.6. The van der Waals surface area contributed by atoms with Gasteiger partial charge in [0.15, 0.2) is 0 Å². The highest BCUT2D eigenvalue weighted by Crippen LogP contribution is 2.23. The summed E-state index contributed by atoms with van der Waals surface area (Å²) in [7, 11) is 0. The van der Waals surface area contributed by atoms with Gasteiger partial charge in [-0.3, -0.25) is 19.6 Å². The predicted molar refractivity (Wildman–Crippen MR) is 74.7 cm³/mol. The first-order valence-corrected chi connectivity index (χ1v) is 6.95. The van der Waals surface area contributed by atoms with E-state index in [0.29, 0.717) is 24.5 Å². The molecule has 8 nitrogen and oxygen atoms in total. The molecule has 0 aliphatic carbocycles. The van der Waals surface area contributed by atoms with E-state index in [1.165, 1.54) is 4.68 Å². The van der Waals surface area contributed by atoms with Crippen molar-refractivity contribution in [2.24, 2.45) is 5.92 Å². The Kier molecular flexibility index (Phi) is 4.26. The fourth-order valence-corrected chi connectivity index (χ4v) is 2.74. The summed E-state index contributed by atoms with van der Waals surface area (Å²) in [6.07, 6.45) is 0.346. The number of carbonyl (C=O) groups is 1. The van der Waals surface area contributed by atoms with Gasteiger partial charge in [-0.1, -0.05) is 0 Å². The maximum Gasteiger partial charge on any atom is 0.312 e. The number of likely N-dealkylation sites (tertiary alicyclic amines) is 1. The van der Waals surface area contributed by atoms with Gasteiger partial charge >= 0.3 is 5.69 Å². The Morgan fingerprint density at radius 2 is 2.24 bits per heavy atom. The number of rotatable bonds is 4. The van der Waals surface area contributed by atoms with Crippen LogP contribution in [0.25, 0.3) is 0 Å². The van der Waals surface area contributed by atoms with E-state index in [9.17, 15) is 20.0 Å². The Bertz CT molecular complexity index is 567. The van der Waals surface area contributed by atoms with E-state index in [-0.39, 0.29) is 24.1 Å². The minimum Gasteiger partial charge on any atom is -0.393 e. The van der Waals surface area contributed by atoms with Crippen molar-refractivity contribution in [3.05, 3.63) is 21.5 Å². The molecule has 1 amide bonds. The van der Waals surface area contributed by atoms with Crippen molar-refractivity contribution in [2.45, 2.75) is 39.8 Å². The van der Waals surface area contributed by atoms with Crippen molar-refractivity contribution >= 4 is 11.6 Å². The van der Waals surface area contributed by atoms with Gasteiger partial charge in [0.25, 0.3) is 0 Å². The third-order valence-electron chi connectivity index (χ3n) is 4.07. The lowest BCUT2D eigenvalue weighted by molar-refractivity contribution is -0.386. The van der Waals surface area contributed by atoms with Gasteiger partial charge in [-0.25, -0.2) is 0 Å². The average Bonchev–Trinajstić information content (AvgIpc) is 2.95. The number of carbonyl (C=O) groups excluding carboxylic acids is 1. The molecule has 116 valence electrons. The van der Waals surface area contributed by atoms with E-state index in [2.05, 4.69) is 5.10 Å². The minimum absolute atomic E-state index is 0.00690. The molecule has 1 aromatic heterocycles. The molecule has 2 atom stereocenters. The number of hydrogen-bond donors (Lipinski definition) is 1. The summed E-state index contributed by atoms with van der Waals surface area (Å²) in [5.74, 6) is -0.0256. The van der Waals surface area contributed by atoms with Crippen molar-refractivity contribution in [3.8, 4) is 0 Å². The van der Waals surface area contributed by atoms with E-state index in [1.807, 2.05) is 0 Å². The molecule has 8 heteroatoms. The van der Waals surface area contributed by atoms with E-state index in [0.717, 1.165) is 6.42 Å². The average molecular weight is 296 g/mol. The Morgan fingerprint density at radius 3 is 2.71 bits per heavy atom. The Morgan fingerprint density at radius 1 is 1.57 bits per heavy atom. The molecule has 1 fully saturated rings. The Hall–Kier alpha value is -1.96. The molecular weight excluding hydrogens is 276 g/mol.